The van der Waals surface area contributed by atoms with E-state index < -0.39 is 10.0 Å². The van der Waals surface area contributed by atoms with Gasteiger partial charge in [-0.25, -0.2) is 8.42 Å². The van der Waals surface area contributed by atoms with Gasteiger partial charge in [0.25, 0.3) is 15.9 Å². The van der Waals surface area contributed by atoms with Crippen LogP contribution in [-0.2, 0) is 10.0 Å². The SMILES string of the molecule is CCN(C)C(=O)c1ccc(C)c(NS(=O)(=O)c2c(C)cc(C)cc2C)c1. The van der Waals surface area contributed by atoms with Crippen molar-refractivity contribution in [3.05, 3.63) is 58.1 Å². The number of aryl methyl sites for hydroxylation is 4. The van der Waals surface area contributed by atoms with E-state index in [2.05, 4.69) is 4.72 Å². The molecule has 5 nitrogen and oxygen atoms in total. The molecule has 0 spiro atoms. The molecule has 2 aromatic carbocycles. The highest BCUT2D eigenvalue weighted by Gasteiger charge is 2.21. The fraction of sp³-hybridized carbons (Fsp3) is 0.350. The van der Waals surface area contributed by atoms with Crippen molar-refractivity contribution in [2.24, 2.45) is 0 Å². The van der Waals surface area contributed by atoms with Crippen molar-refractivity contribution >= 4 is 21.6 Å². The molecule has 0 heterocycles. The van der Waals surface area contributed by atoms with E-state index >= 15 is 0 Å². The number of hydrogen-bond acceptors (Lipinski definition) is 3. The van der Waals surface area contributed by atoms with E-state index in [-0.39, 0.29) is 10.8 Å². The van der Waals surface area contributed by atoms with Crippen LogP contribution in [0.15, 0.2) is 35.2 Å². The highest BCUT2D eigenvalue weighted by Crippen LogP contribution is 2.26. The average molecular weight is 375 g/mol. The predicted octanol–water partition coefficient (Wildman–Crippen LogP) is 3.81. The first kappa shape index (κ1) is 20.0. The Morgan fingerprint density at radius 3 is 2.12 bits per heavy atom. The molecule has 0 radical (unpaired) electrons. The Bertz CT molecular complexity index is 927. The lowest BCUT2D eigenvalue weighted by Crippen LogP contribution is -2.26. The molecule has 2 rings (SSSR count). The van der Waals surface area contributed by atoms with E-state index in [0.717, 1.165) is 11.1 Å². The first-order valence-corrected chi connectivity index (χ1v) is 10.0. The van der Waals surface area contributed by atoms with E-state index in [9.17, 15) is 13.2 Å². The van der Waals surface area contributed by atoms with Gasteiger partial charge in [-0.15, -0.1) is 0 Å². The van der Waals surface area contributed by atoms with Gasteiger partial charge in [-0.3, -0.25) is 9.52 Å². The summed E-state index contributed by atoms with van der Waals surface area (Å²) in [5.41, 5.74) is 4.04. The summed E-state index contributed by atoms with van der Waals surface area (Å²) in [6.07, 6.45) is 0. The number of amides is 1. The van der Waals surface area contributed by atoms with Gasteiger partial charge in [0.05, 0.1) is 10.6 Å². The van der Waals surface area contributed by atoms with Crippen molar-refractivity contribution < 1.29 is 13.2 Å². The quantitative estimate of drug-likeness (QED) is 0.865. The molecule has 1 amide bonds. The van der Waals surface area contributed by atoms with Gasteiger partial charge in [0, 0.05) is 19.2 Å². The zero-order chi connectivity index (χ0) is 19.6. The number of hydrogen-bond donors (Lipinski definition) is 1. The fourth-order valence-corrected chi connectivity index (χ4v) is 4.59. The van der Waals surface area contributed by atoms with Crippen molar-refractivity contribution in [2.45, 2.75) is 39.5 Å². The average Bonchev–Trinajstić information content (AvgIpc) is 2.53. The number of nitrogens with one attached hydrogen (secondary N) is 1. The summed E-state index contributed by atoms with van der Waals surface area (Å²) in [6.45, 7) is 9.79. The molecule has 140 valence electrons. The first-order chi connectivity index (χ1) is 12.1. The van der Waals surface area contributed by atoms with Crippen molar-refractivity contribution in [3.63, 3.8) is 0 Å². The normalized spacial score (nSPS) is 11.3. The standard InChI is InChI=1S/C20H26N2O3S/c1-7-22(6)20(23)17-9-8-14(3)18(12-17)21-26(24,25)19-15(4)10-13(2)11-16(19)5/h8-12,21H,7H2,1-6H3. The third-order valence-electron chi connectivity index (χ3n) is 4.42. The lowest BCUT2D eigenvalue weighted by atomic mass is 10.1. The second-order valence-electron chi connectivity index (χ2n) is 6.68. The molecule has 2 aromatic rings. The minimum absolute atomic E-state index is 0.143. The first-order valence-electron chi connectivity index (χ1n) is 8.53. The van der Waals surface area contributed by atoms with Gasteiger partial charge in [0.15, 0.2) is 0 Å². The number of rotatable bonds is 5. The maximum Gasteiger partial charge on any atom is 0.262 e. The third-order valence-corrected chi connectivity index (χ3v) is 6.09. The van der Waals surface area contributed by atoms with E-state index in [0.29, 0.717) is 28.9 Å². The Kier molecular flexibility index (Phi) is 5.76. The summed E-state index contributed by atoms with van der Waals surface area (Å²) in [5, 5.41) is 0. The summed E-state index contributed by atoms with van der Waals surface area (Å²) in [6, 6.07) is 8.77. The maximum atomic E-state index is 13.0. The number of nitrogens with zero attached hydrogens (tertiary/aromatic N) is 1. The largest absolute Gasteiger partial charge is 0.342 e. The van der Waals surface area contributed by atoms with Crippen LogP contribution in [0.2, 0.25) is 0 Å². The molecular weight excluding hydrogens is 348 g/mol. The molecule has 0 bridgehead atoms. The topological polar surface area (TPSA) is 66.5 Å². The van der Waals surface area contributed by atoms with Crippen LogP contribution >= 0.6 is 0 Å². The molecule has 0 saturated carbocycles. The Balaban J connectivity index is 2.46. The van der Waals surface area contributed by atoms with E-state index in [1.165, 1.54) is 0 Å². The minimum atomic E-state index is -3.76. The summed E-state index contributed by atoms with van der Waals surface area (Å²) in [5.74, 6) is -0.143. The van der Waals surface area contributed by atoms with Crippen LogP contribution in [0.3, 0.4) is 0 Å². The zero-order valence-corrected chi connectivity index (χ0v) is 17.0. The van der Waals surface area contributed by atoms with Crippen LogP contribution in [0.25, 0.3) is 0 Å². The second kappa shape index (κ2) is 7.50. The molecule has 0 aliphatic heterocycles. The van der Waals surface area contributed by atoms with Crippen LogP contribution < -0.4 is 4.72 Å². The number of benzene rings is 2. The lowest BCUT2D eigenvalue weighted by Gasteiger charge is -2.18. The molecule has 0 atom stereocenters. The smallest absolute Gasteiger partial charge is 0.262 e. The molecule has 26 heavy (non-hydrogen) atoms. The van der Waals surface area contributed by atoms with Crippen molar-refractivity contribution in [2.75, 3.05) is 18.3 Å². The van der Waals surface area contributed by atoms with Gasteiger partial charge in [0.2, 0.25) is 0 Å². The number of anilines is 1. The highest BCUT2D eigenvalue weighted by molar-refractivity contribution is 7.92. The molecule has 0 saturated heterocycles. The van der Waals surface area contributed by atoms with Crippen LogP contribution in [0.1, 0.15) is 39.5 Å². The number of carbonyl (C=O) groups excluding carboxylic acids is 1. The maximum absolute atomic E-state index is 13.0. The Labute approximate surface area is 156 Å². The molecule has 0 fully saturated rings. The van der Waals surface area contributed by atoms with E-state index in [4.69, 9.17) is 0 Å². The van der Waals surface area contributed by atoms with Gasteiger partial charge >= 0.3 is 0 Å². The molecule has 6 heteroatoms. The Morgan fingerprint density at radius 2 is 1.58 bits per heavy atom. The molecule has 1 N–H and O–H groups in total. The Hall–Kier alpha value is -2.34. The van der Waals surface area contributed by atoms with E-state index in [1.54, 1.807) is 44.0 Å². The molecule has 0 aromatic heterocycles. The van der Waals surface area contributed by atoms with Crippen LogP contribution in [-0.4, -0.2) is 32.8 Å². The van der Waals surface area contributed by atoms with Gasteiger partial charge in [-0.2, -0.15) is 0 Å². The van der Waals surface area contributed by atoms with Crippen LogP contribution in [0.4, 0.5) is 5.69 Å². The highest BCUT2D eigenvalue weighted by atomic mass is 32.2. The van der Waals surface area contributed by atoms with Crippen LogP contribution in [0.5, 0.6) is 0 Å². The minimum Gasteiger partial charge on any atom is -0.342 e. The summed E-state index contributed by atoms with van der Waals surface area (Å²) in [4.78, 5) is 14.2. The lowest BCUT2D eigenvalue weighted by molar-refractivity contribution is 0.0802. The van der Waals surface area contributed by atoms with Gasteiger partial charge < -0.3 is 4.90 Å². The third kappa shape index (κ3) is 4.07. The monoisotopic (exact) mass is 374 g/mol. The van der Waals surface area contributed by atoms with E-state index in [1.807, 2.05) is 32.9 Å². The second-order valence-corrected chi connectivity index (χ2v) is 8.30. The Morgan fingerprint density at radius 1 is 1.00 bits per heavy atom. The van der Waals surface area contributed by atoms with Gasteiger partial charge in [-0.05, 0) is 63.4 Å². The zero-order valence-electron chi connectivity index (χ0n) is 16.2. The summed E-state index contributed by atoms with van der Waals surface area (Å²) >= 11 is 0. The molecule has 0 unspecified atom stereocenters. The molecular formula is C20H26N2O3S. The molecule has 0 aliphatic carbocycles. The summed E-state index contributed by atoms with van der Waals surface area (Å²) < 4.78 is 28.6. The fourth-order valence-electron chi connectivity index (χ4n) is 3.02. The number of carbonyl (C=O) groups is 1. The van der Waals surface area contributed by atoms with Crippen molar-refractivity contribution in [3.8, 4) is 0 Å². The van der Waals surface area contributed by atoms with Crippen molar-refractivity contribution in [1.29, 1.82) is 0 Å². The van der Waals surface area contributed by atoms with Gasteiger partial charge in [0.1, 0.15) is 0 Å². The predicted molar refractivity (Wildman–Crippen MR) is 105 cm³/mol. The van der Waals surface area contributed by atoms with Crippen LogP contribution in [0, 0.1) is 27.7 Å². The summed E-state index contributed by atoms with van der Waals surface area (Å²) in [7, 11) is -2.04. The number of sulfonamides is 1. The van der Waals surface area contributed by atoms with Gasteiger partial charge in [-0.1, -0.05) is 23.8 Å². The van der Waals surface area contributed by atoms with Crippen molar-refractivity contribution in [1.82, 2.24) is 4.90 Å². The molecule has 0 aliphatic rings.